The number of amides is 1. The molecule has 0 bridgehead atoms. The Morgan fingerprint density at radius 2 is 1.62 bits per heavy atom. The summed E-state index contributed by atoms with van der Waals surface area (Å²) in [6.45, 7) is 0.473. The van der Waals surface area contributed by atoms with Gasteiger partial charge in [-0.3, -0.25) is 4.79 Å². The van der Waals surface area contributed by atoms with Crippen molar-refractivity contribution in [3.63, 3.8) is 0 Å². The highest BCUT2D eigenvalue weighted by atomic mass is 16.5. The predicted octanol–water partition coefficient (Wildman–Crippen LogP) is 3.04. The topological polar surface area (TPSA) is 74.0 Å². The number of hydrogen-bond donors (Lipinski definition) is 1. The van der Waals surface area contributed by atoms with E-state index in [1.165, 1.54) is 7.11 Å². The fourth-order valence-electron chi connectivity index (χ4n) is 2.99. The van der Waals surface area contributed by atoms with Gasteiger partial charge in [-0.05, 0) is 36.2 Å². The Hall–Kier alpha value is -3.87. The third-order valence-electron chi connectivity index (χ3n) is 4.49. The van der Waals surface area contributed by atoms with Gasteiger partial charge in [-0.1, -0.05) is 36.4 Å². The minimum absolute atomic E-state index is 0.260. The lowest BCUT2D eigenvalue weighted by Gasteiger charge is -2.03. The second kappa shape index (κ2) is 8.43. The van der Waals surface area contributed by atoms with Crippen LogP contribution >= 0.6 is 0 Å². The number of methoxy groups -OCH3 is 1. The number of rotatable bonds is 7. The Bertz CT molecular complexity index is 1090. The molecule has 4 aromatic rings. The summed E-state index contributed by atoms with van der Waals surface area (Å²) in [4.78, 5) is 12.6. The van der Waals surface area contributed by atoms with Crippen molar-refractivity contribution in [3.8, 4) is 17.1 Å². The zero-order valence-corrected chi connectivity index (χ0v) is 16.0. The molecule has 4 rings (SSSR count). The van der Waals surface area contributed by atoms with Crippen molar-refractivity contribution in [2.24, 2.45) is 0 Å². The molecule has 0 radical (unpaired) electrons. The van der Waals surface area contributed by atoms with E-state index in [1.807, 2.05) is 77.7 Å². The van der Waals surface area contributed by atoms with Crippen LogP contribution in [0.5, 0.6) is 5.75 Å². The molecule has 7 nitrogen and oxygen atoms in total. The summed E-state index contributed by atoms with van der Waals surface area (Å²) >= 11 is 0. The summed E-state index contributed by atoms with van der Waals surface area (Å²) in [6.07, 6.45) is 6.14. The minimum Gasteiger partial charge on any atom is -0.493 e. The molecule has 2 aromatic carbocycles. The third-order valence-corrected chi connectivity index (χ3v) is 4.49. The molecule has 0 atom stereocenters. The number of nitrogens with one attached hydrogen (secondary N) is 1. The zero-order valence-electron chi connectivity index (χ0n) is 16.0. The molecule has 0 saturated carbocycles. The molecule has 1 N–H and O–H groups in total. The summed E-state index contributed by atoms with van der Waals surface area (Å²) in [5.41, 5.74) is 3.16. The maximum absolute atomic E-state index is 12.6. The summed E-state index contributed by atoms with van der Waals surface area (Å²) in [5, 5.41) is 11.7. The van der Waals surface area contributed by atoms with Crippen LogP contribution in [-0.4, -0.2) is 39.1 Å². The Balaban J connectivity index is 1.39. The predicted molar refractivity (Wildman–Crippen MR) is 110 cm³/mol. The Labute approximate surface area is 168 Å². The highest BCUT2D eigenvalue weighted by Crippen LogP contribution is 2.19. The highest BCUT2D eigenvalue weighted by molar-refractivity contribution is 5.94. The van der Waals surface area contributed by atoms with Gasteiger partial charge in [-0.25, -0.2) is 9.36 Å². The van der Waals surface area contributed by atoms with Crippen LogP contribution in [0, 0.1) is 0 Å². The van der Waals surface area contributed by atoms with Crippen LogP contribution in [0.25, 0.3) is 11.4 Å². The molecule has 2 aromatic heterocycles. The van der Waals surface area contributed by atoms with Crippen molar-refractivity contribution in [2.75, 3.05) is 13.7 Å². The van der Waals surface area contributed by atoms with Gasteiger partial charge in [0.2, 0.25) is 0 Å². The van der Waals surface area contributed by atoms with Gasteiger partial charge < -0.3 is 10.1 Å². The average molecular weight is 387 g/mol. The fourth-order valence-corrected chi connectivity index (χ4v) is 2.99. The van der Waals surface area contributed by atoms with Gasteiger partial charge in [-0.15, -0.1) is 0 Å². The number of ether oxygens (including phenoxy) is 1. The van der Waals surface area contributed by atoms with E-state index in [4.69, 9.17) is 4.74 Å². The van der Waals surface area contributed by atoms with Gasteiger partial charge in [-0.2, -0.15) is 10.2 Å². The molecule has 0 unspecified atom stereocenters. The highest BCUT2D eigenvalue weighted by Gasteiger charge is 2.18. The van der Waals surface area contributed by atoms with E-state index in [0.717, 1.165) is 16.9 Å². The molecule has 146 valence electrons. The minimum atomic E-state index is -0.271. The van der Waals surface area contributed by atoms with Crippen molar-refractivity contribution in [1.29, 1.82) is 0 Å². The van der Waals surface area contributed by atoms with Crippen molar-refractivity contribution in [2.45, 2.75) is 6.42 Å². The van der Waals surface area contributed by atoms with Gasteiger partial charge in [0, 0.05) is 12.7 Å². The number of hydrogen-bond acceptors (Lipinski definition) is 4. The number of carbonyl (C=O) groups is 1. The molecule has 1 amide bonds. The van der Waals surface area contributed by atoms with Gasteiger partial charge in [0.05, 0.1) is 30.9 Å². The van der Waals surface area contributed by atoms with E-state index < -0.39 is 0 Å². The lowest BCUT2D eigenvalue weighted by molar-refractivity contribution is 0.0946. The second-order valence-corrected chi connectivity index (χ2v) is 6.46. The van der Waals surface area contributed by atoms with Crippen LogP contribution in [-0.2, 0) is 6.42 Å². The molecular weight excluding hydrogens is 366 g/mol. The first kappa shape index (κ1) is 18.5. The first-order valence-electron chi connectivity index (χ1n) is 9.31. The maximum Gasteiger partial charge on any atom is 0.275 e. The number of carbonyl (C=O) groups excluding carboxylic acids is 1. The molecule has 0 aliphatic rings. The largest absolute Gasteiger partial charge is 0.493 e. The van der Waals surface area contributed by atoms with E-state index in [-0.39, 0.29) is 11.6 Å². The molecule has 29 heavy (non-hydrogen) atoms. The maximum atomic E-state index is 12.6. The molecule has 7 heteroatoms. The van der Waals surface area contributed by atoms with Gasteiger partial charge >= 0.3 is 0 Å². The van der Waals surface area contributed by atoms with E-state index in [0.29, 0.717) is 18.7 Å². The first-order valence-corrected chi connectivity index (χ1v) is 9.31. The van der Waals surface area contributed by atoms with Crippen molar-refractivity contribution in [3.05, 3.63) is 90.5 Å². The van der Waals surface area contributed by atoms with Crippen LogP contribution in [0.1, 0.15) is 16.1 Å². The van der Waals surface area contributed by atoms with Gasteiger partial charge in [0.25, 0.3) is 5.91 Å². The lowest BCUT2D eigenvalue weighted by Crippen LogP contribution is -2.26. The van der Waals surface area contributed by atoms with Crippen LogP contribution in [0.15, 0.2) is 79.3 Å². The fraction of sp³-hybridized carbons (Fsp3) is 0.136. The molecule has 0 spiro atoms. The van der Waals surface area contributed by atoms with Crippen LogP contribution in [0.4, 0.5) is 0 Å². The Kier molecular flexibility index (Phi) is 5.38. The summed E-state index contributed by atoms with van der Waals surface area (Å²) in [6, 6.07) is 19.5. The Morgan fingerprint density at radius 1 is 0.966 bits per heavy atom. The van der Waals surface area contributed by atoms with Crippen LogP contribution in [0.2, 0.25) is 0 Å². The standard InChI is InChI=1S/C22H21N5O2/c1-29-20-16-27(19-10-6-3-7-11-19)25-21(20)22(28)23-13-12-17-14-24-26(15-17)18-8-4-2-5-9-18/h2-11,14-16H,12-13H2,1H3,(H,23,28). The monoisotopic (exact) mass is 387 g/mol. The van der Waals surface area contributed by atoms with Gasteiger partial charge in [0.15, 0.2) is 11.4 Å². The quantitative estimate of drug-likeness (QED) is 0.529. The number of para-hydroxylation sites is 2. The number of aromatic nitrogens is 4. The zero-order chi connectivity index (χ0) is 20.1. The van der Waals surface area contributed by atoms with E-state index in [1.54, 1.807) is 10.9 Å². The summed E-state index contributed by atoms with van der Waals surface area (Å²) in [5.74, 6) is 0.162. The average Bonchev–Trinajstić information content (AvgIpc) is 3.42. The first-order chi connectivity index (χ1) is 14.2. The third kappa shape index (κ3) is 4.19. The molecule has 0 aliphatic carbocycles. The molecule has 0 fully saturated rings. The normalized spacial score (nSPS) is 10.7. The van der Waals surface area contributed by atoms with Gasteiger partial charge in [0.1, 0.15) is 0 Å². The molecule has 0 aliphatic heterocycles. The Morgan fingerprint density at radius 3 is 2.28 bits per heavy atom. The van der Waals surface area contributed by atoms with Crippen molar-refractivity contribution < 1.29 is 9.53 Å². The molecule has 0 saturated heterocycles. The summed E-state index contributed by atoms with van der Waals surface area (Å²) in [7, 11) is 1.53. The van der Waals surface area contributed by atoms with Crippen LogP contribution in [0.3, 0.4) is 0 Å². The van der Waals surface area contributed by atoms with E-state index in [9.17, 15) is 4.79 Å². The molecule has 2 heterocycles. The summed E-state index contributed by atoms with van der Waals surface area (Å²) < 4.78 is 8.79. The van der Waals surface area contributed by atoms with E-state index in [2.05, 4.69) is 15.5 Å². The van der Waals surface area contributed by atoms with E-state index >= 15 is 0 Å². The SMILES string of the molecule is COc1cn(-c2ccccc2)nc1C(=O)NCCc1cnn(-c2ccccc2)c1. The lowest BCUT2D eigenvalue weighted by atomic mass is 10.2. The molecular formula is C22H21N5O2. The van der Waals surface area contributed by atoms with Crippen molar-refractivity contribution >= 4 is 5.91 Å². The van der Waals surface area contributed by atoms with Crippen LogP contribution < -0.4 is 10.1 Å². The second-order valence-electron chi connectivity index (χ2n) is 6.46. The smallest absolute Gasteiger partial charge is 0.275 e. The number of nitrogens with zero attached hydrogens (tertiary/aromatic N) is 4. The number of benzene rings is 2. The van der Waals surface area contributed by atoms with Crippen molar-refractivity contribution in [1.82, 2.24) is 24.9 Å².